The van der Waals surface area contributed by atoms with Crippen LogP contribution in [-0.2, 0) is 16.6 Å². The Morgan fingerprint density at radius 3 is 2.58 bits per heavy atom. The fourth-order valence-electron chi connectivity index (χ4n) is 2.69. The van der Waals surface area contributed by atoms with Gasteiger partial charge in [0.05, 0.1) is 11.9 Å². The molecule has 1 aromatic heterocycles. The SMILES string of the molecule is CCn1ccc(C(=O)N2C[C@@H](CS(=O)(=O)N(C)C)[C@@H](O)C2)cc1=O. The summed E-state index contributed by atoms with van der Waals surface area (Å²) >= 11 is 0. The van der Waals surface area contributed by atoms with Crippen LogP contribution in [0, 0.1) is 5.92 Å². The van der Waals surface area contributed by atoms with Crippen molar-refractivity contribution in [1.82, 2.24) is 13.8 Å². The number of carbonyl (C=O) groups is 1. The molecule has 0 unspecified atom stereocenters. The van der Waals surface area contributed by atoms with E-state index in [0.29, 0.717) is 6.54 Å². The molecule has 134 valence electrons. The largest absolute Gasteiger partial charge is 0.391 e. The van der Waals surface area contributed by atoms with E-state index in [4.69, 9.17) is 0 Å². The zero-order valence-corrected chi connectivity index (χ0v) is 14.9. The summed E-state index contributed by atoms with van der Waals surface area (Å²) in [4.78, 5) is 25.7. The van der Waals surface area contributed by atoms with Crippen LogP contribution in [0.1, 0.15) is 17.3 Å². The van der Waals surface area contributed by atoms with Gasteiger partial charge in [-0.05, 0) is 13.0 Å². The molecule has 1 aromatic rings. The number of β-amino-alcohol motifs (C(OH)–C–C–N with tert-alkyl or cyclic N) is 1. The summed E-state index contributed by atoms with van der Waals surface area (Å²) in [6.07, 6.45) is 0.649. The highest BCUT2D eigenvalue weighted by molar-refractivity contribution is 7.89. The second-order valence-electron chi connectivity index (χ2n) is 6.14. The Morgan fingerprint density at radius 2 is 2.04 bits per heavy atom. The lowest BCUT2D eigenvalue weighted by Gasteiger charge is -2.18. The molecular weight excluding hydrogens is 334 g/mol. The molecule has 0 aliphatic carbocycles. The van der Waals surface area contributed by atoms with E-state index >= 15 is 0 Å². The number of rotatable bonds is 5. The number of amides is 1. The summed E-state index contributed by atoms with van der Waals surface area (Å²) < 4.78 is 26.5. The minimum atomic E-state index is -3.46. The number of hydrogen-bond donors (Lipinski definition) is 1. The fraction of sp³-hybridized carbons (Fsp3) is 0.600. The molecule has 0 radical (unpaired) electrons. The molecule has 1 aliphatic heterocycles. The molecule has 1 fully saturated rings. The van der Waals surface area contributed by atoms with E-state index in [0.717, 1.165) is 4.31 Å². The molecule has 1 saturated heterocycles. The lowest BCUT2D eigenvalue weighted by molar-refractivity contribution is 0.0764. The molecule has 0 bridgehead atoms. The van der Waals surface area contributed by atoms with Crippen LogP contribution < -0.4 is 5.56 Å². The van der Waals surface area contributed by atoms with Crippen LogP contribution >= 0.6 is 0 Å². The number of likely N-dealkylation sites (tertiary alicyclic amines) is 1. The maximum atomic E-state index is 12.5. The molecule has 24 heavy (non-hydrogen) atoms. The van der Waals surface area contributed by atoms with Gasteiger partial charge in [0.25, 0.3) is 11.5 Å². The van der Waals surface area contributed by atoms with Gasteiger partial charge in [0.1, 0.15) is 0 Å². The quantitative estimate of drug-likeness (QED) is 0.743. The number of aryl methyl sites for hydroxylation is 1. The molecule has 0 saturated carbocycles. The highest BCUT2D eigenvalue weighted by Crippen LogP contribution is 2.21. The van der Waals surface area contributed by atoms with E-state index in [-0.39, 0.29) is 35.9 Å². The number of hydrogen-bond acceptors (Lipinski definition) is 5. The molecule has 1 aliphatic rings. The molecule has 2 atom stereocenters. The number of pyridine rings is 1. The third-order valence-electron chi connectivity index (χ3n) is 4.26. The van der Waals surface area contributed by atoms with Crippen LogP contribution in [0.3, 0.4) is 0 Å². The molecular formula is C15H23N3O5S. The zero-order chi connectivity index (χ0) is 18.1. The number of sulfonamides is 1. The summed E-state index contributed by atoms with van der Waals surface area (Å²) in [6.45, 7) is 2.54. The molecule has 8 nitrogen and oxygen atoms in total. The van der Waals surface area contributed by atoms with Crippen molar-refractivity contribution in [3.8, 4) is 0 Å². The lowest BCUT2D eigenvalue weighted by atomic mass is 10.1. The second kappa shape index (κ2) is 7.04. The van der Waals surface area contributed by atoms with Gasteiger partial charge in [-0.15, -0.1) is 0 Å². The number of nitrogens with zero attached hydrogens (tertiary/aromatic N) is 3. The van der Waals surface area contributed by atoms with Crippen molar-refractivity contribution in [1.29, 1.82) is 0 Å². The Kier molecular flexibility index (Phi) is 5.46. The average molecular weight is 357 g/mol. The predicted octanol–water partition coefficient (Wildman–Crippen LogP) is -0.807. The van der Waals surface area contributed by atoms with Crippen LogP contribution in [0.5, 0.6) is 0 Å². The Balaban J connectivity index is 2.13. The monoisotopic (exact) mass is 357 g/mol. The van der Waals surface area contributed by atoms with Gasteiger partial charge in [-0.25, -0.2) is 12.7 Å². The topological polar surface area (TPSA) is 99.9 Å². The third kappa shape index (κ3) is 3.85. The Morgan fingerprint density at radius 1 is 1.38 bits per heavy atom. The normalized spacial score (nSPS) is 21.5. The van der Waals surface area contributed by atoms with Gasteiger partial charge >= 0.3 is 0 Å². The van der Waals surface area contributed by atoms with Crippen molar-refractivity contribution in [3.05, 3.63) is 34.2 Å². The van der Waals surface area contributed by atoms with Crippen LogP contribution in [0.25, 0.3) is 0 Å². The smallest absolute Gasteiger partial charge is 0.254 e. The second-order valence-corrected chi connectivity index (χ2v) is 8.37. The van der Waals surface area contributed by atoms with Crippen molar-refractivity contribution >= 4 is 15.9 Å². The van der Waals surface area contributed by atoms with Crippen molar-refractivity contribution in [2.75, 3.05) is 32.9 Å². The standard InChI is InChI=1S/C15H23N3O5S/c1-4-17-6-5-11(7-14(17)20)15(21)18-8-12(13(19)9-18)10-24(22,23)16(2)3/h5-7,12-13,19H,4,8-10H2,1-3H3/t12-,13-/m0/s1. The van der Waals surface area contributed by atoms with Gasteiger partial charge in [0.2, 0.25) is 10.0 Å². The summed E-state index contributed by atoms with van der Waals surface area (Å²) in [5, 5.41) is 10.1. The Hall–Kier alpha value is -1.71. The molecule has 0 aromatic carbocycles. The number of aromatic nitrogens is 1. The number of aliphatic hydroxyl groups excluding tert-OH is 1. The van der Waals surface area contributed by atoms with Crippen LogP contribution in [-0.4, -0.2) is 72.2 Å². The number of aliphatic hydroxyl groups is 1. The molecule has 9 heteroatoms. The minimum absolute atomic E-state index is 0.0588. The summed E-state index contributed by atoms with van der Waals surface area (Å²) in [5.41, 5.74) is -0.0251. The first-order chi connectivity index (χ1) is 11.2. The van der Waals surface area contributed by atoms with Crippen molar-refractivity contribution in [2.45, 2.75) is 19.6 Å². The summed E-state index contributed by atoms with van der Waals surface area (Å²) in [7, 11) is -0.596. The first-order valence-corrected chi connectivity index (χ1v) is 9.34. The molecule has 0 spiro atoms. The molecule has 1 N–H and O–H groups in total. The van der Waals surface area contributed by atoms with Gasteiger partial charge < -0.3 is 14.6 Å². The van der Waals surface area contributed by atoms with Crippen LogP contribution in [0.15, 0.2) is 23.1 Å². The summed E-state index contributed by atoms with van der Waals surface area (Å²) in [6, 6.07) is 2.83. The van der Waals surface area contributed by atoms with E-state index < -0.39 is 22.0 Å². The van der Waals surface area contributed by atoms with E-state index in [1.165, 1.54) is 29.6 Å². The van der Waals surface area contributed by atoms with Gasteiger partial charge in [-0.3, -0.25) is 9.59 Å². The average Bonchev–Trinajstić information content (AvgIpc) is 2.86. The maximum Gasteiger partial charge on any atom is 0.254 e. The molecule has 1 amide bonds. The first-order valence-electron chi connectivity index (χ1n) is 7.73. The highest BCUT2D eigenvalue weighted by atomic mass is 32.2. The van der Waals surface area contributed by atoms with E-state index in [1.54, 1.807) is 12.3 Å². The fourth-order valence-corrected chi connectivity index (χ4v) is 3.85. The molecule has 2 rings (SSSR count). The van der Waals surface area contributed by atoms with E-state index in [2.05, 4.69) is 0 Å². The lowest BCUT2D eigenvalue weighted by Crippen LogP contribution is -2.34. The van der Waals surface area contributed by atoms with Gasteiger partial charge in [-0.2, -0.15) is 0 Å². The Labute approximate surface area is 141 Å². The number of carbonyl (C=O) groups excluding carboxylic acids is 1. The van der Waals surface area contributed by atoms with Crippen LogP contribution in [0.4, 0.5) is 0 Å². The minimum Gasteiger partial charge on any atom is -0.391 e. The van der Waals surface area contributed by atoms with Gasteiger partial charge in [0.15, 0.2) is 0 Å². The first kappa shape index (κ1) is 18.6. The van der Waals surface area contributed by atoms with Crippen LogP contribution in [0.2, 0.25) is 0 Å². The van der Waals surface area contributed by atoms with E-state index in [9.17, 15) is 23.1 Å². The third-order valence-corrected chi connectivity index (χ3v) is 6.22. The van der Waals surface area contributed by atoms with Crippen molar-refractivity contribution in [3.63, 3.8) is 0 Å². The van der Waals surface area contributed by atoms with Crippen molar-refractivity contribution < 1.29 is 18.3 Å². The highest BCUT2D eigenvalue weighted by Gasteiger charge is 2.37. The predicted molar refractivity (Wildman–Crippen MR) is 89.3 cm³/mol. The summed E-state index contributed by atoms with van der Waals surface area (Å²) in [5.74, 6) is -1.14. The van der Waals surface area contributed by atoms with E-state index in [1.807, 2.05) is 6.92 Å². The maximum absolute atomic E-state index is 12.5. The zero-order valence-electron chi connectivity index (χ0n) is 14.0. The molecule has 2 heterocycles. The van der Waals surface area contributed by atoms with Crippen molar-refractivity contribution in [2.24, 2.45) is 5.92 Å². The van der Waals surface area contributed by atoms with Gasteiger partial charge in [0, 0.05) is 57.5 Å². The Bertz CT molecular complexity index is 772. The van der Waals surface area contributed by atoms with Gasteiger partial charge in [-0.1, -0.05) is 0 Å².